The van der Waals surface area contributed by atoms with Crippen LogP contribution in [0.3, 0.4) is 0 Å². The number of hydrogen-bond donors (Lipinski definition) is 2. The van der Waals surface area contributed by atoms with Crippen LogP contribution in [-0.4, -0.2) is 22.0 Å². The predicted octanol–water partition coefficient (Wildman–Crippen LogP) is 4.46. The van der Waals surface area contributed by atoms with Gasteiger partial charge in [-0.2, -0.15) is 0 Å². The summed E-state index contributed by atoms with van der Waals surface area (Å²) >= 11 is 0. The number of anilines is 2. The highest BCUT2D eigenvalue weighted by atomic mass is 16.4. The summed E-state index contributed by atoms with van der Waals surface area (Å²) in [6, 6.07) is 17.8. The first-order chi connectivity index (χ1) is 15.1. The van der Waals surface area contributed by atoms with Gasteiger partial charge in [0.05, 0.1) is 6.26 Å². The number of benzene rings is 2. The smallest absolute Gasteiger partial charge is 0.291 e. The van der Waals surface area contributed by atoms with E-state index in [0.717, 1.165) is 11.1 Å². The van der Waals surface area contributed by atoms with Gasteiger partial charge in [-0.15, -0.1) is 10.2 Å². The second-order valence-corrected chi connectivity index (χ2v) is 6.93. The minimum absolute atomic E-state index is 0.179. The van der Waals surface area contributed by atoms with Crippen molar-refractivity contribution in [2.75, 3.05) is 10.6 Å². The SMILES string of the molecule is Cc1ccc(-c2nnc(CCC(=O)Nc3cccc(NC(=O)c4ccco4)c3)o2)cc1. The van der Waals surface area contributed by atoms with Crippen LogP contribution in [0.4, 0.5) is 11.4 Å². The van der Waals surface area contributed by atoms with Crippen LogP contribution >= 0.6 is 0 Å². The number of nitrogens with one attached hydrogen (secondary N) is 2. The van der Waals surface area contributed by atoms with Gasteiger partial charge in [0.2, 0.25) is 17.7 Å². The Morgan fingerprint density at radius 3 is 2.45 bits per heavy atom. The van der Waals surface area contributed by atoms with Crippen molar-refractivity contribution in [2.45, 2.75) is 19.8 Å². The van der Waals surface area contributed by atoms with E-state index in [2.05, 4.69) is 20.8 Å². The molecule has 0 aliphatic rings. The Balaban J connectivity index is 1.31. The number of amides is 2. The molecule has 0 fully saturated rings. The first kappa shape index (κ1) is 20.1. The molecule has 2 aromatic carbocycles. The summed E-state index contributed by atoms with van der Waals surface area (Å²) in [7, 11) is 0. The minimum atomic E-state index is -0.366. The number of aryl methyl sites for hydroxylation is 2. The van der Waals surface area contributed by atoms with Gasteiger partial charge in [0, 0.05) is 29.8 Å². The van der Waals surface area contributed by atoms with Crippen molar-refractivity contribution in [2.24, 2.45) is 0 Å². The summed E-state index contributed by atoms with van der Waals surface area (Å²) in [5.41, 5.74) is 3.08. The van der Waals surface area contributed by atoms with Gasteiger partial charge in [-0.3, -0.25) is 9.59 Å². The molecule has 0 radical (unpaired) electrons. The molecule has 2 amide bonds. The summed E-state index contributed by atoms with van der Waals surface area (Å²) in [6.45, 7) is 2.00. The maximum absolute atomic E-state index is 12.3. The van der Waals surface area contributed by atoms with E-state index in [1.165, 1.54) is 6.26 Å². The molecule has 2 aromatic heterocycles. The Bertz CT molecular complexity index is 1180. The molecule has 0 unspecified atom stereocenters. The Hall–Kier alpha value is -4.20. The number of carbonyl (C=O) groups is 2. The normalized spacial score (nSPS) is 10.6. The van der Waals surface area contributed by atoms with Crippen LogP contribution < -0.4 is 10.6 Å². The molecular formula is C23H20N4O4. The fraction of sp³-hybridized carbons (Fsp3) is 0.130. The molecule has 2 N–H and O–H groups in total. The van der Waals surface area contributed by atoms with E-state index in [1.807, 2.05) is 31.2 Å². The largest absolute Gasteiger partial charge is 0.459 e. The van der Waals surface area contributed by atoms with E-state index in [1.54, 1.807) is 36.4 Å². The molecule has 4 rings (SSSR count). The molecule has 0 saturated carbocycles. The van der Waals surface area contributed by atoms with E-state index in [0.29, 0.717) is 29.6 Å². The molecule has 4 aromatic rings. The Morgan fingerprint density at radius 2 is 1.71 bits per heavy atom. The molecule has 156 valence electrons. The molecule has 8 heteroatoms. The topological polar surface area (TPSA) is 110 Å². The standard InChI is InChI=1S/C23H20N4O4/c1-15-7-9-16(10-8-15)23-27-26-21(31-23)12-11-20(28)24-17-4-2-5-18(14-17)25-22(29)19-6-3-13-30-19/h2-10,13-14H,11-12H2,1H3,(H,24,28)(H,25,29). The highest BCUT2D eigenvalue weighted by Crippen LogP contribution is 2.20. The average molecular weight is 416 g/mol. The highest BCUT2D eigenvalue weighted by molar-refractivity contribution is 6.02. The van der Waals surface area contributed by atoms with Gasteiger partial charge >= 0.3 is 0 Å². The lowest BCUT2D eigenvalue weighted by Gasteiger charge is -2.08. The summed E-state index contributed by atoms with van der Waals surface area (Å²) in [5.74, 6) is 0.457. The number of furan rings is 1. The number of nitrogens with zero attached hydrogens (tertiary/aromatic N) is 2. The van der Waals surface area contributed by atoms with E-state index in [-0.39, 0.29) is 24.0 Å². The first-order valence-electron chi connectivity index (χ1n) is 9.71. The minimum Gasteiger partial charge on any atom is -0.459 e. The molecule has 0 aliphatic carbocycles. The fourth-order valence-corrected chi connectivity index (χ4v) is 2.89. The monoisotopic (exact) mass is 416 g/mol. The van der Waals surface area contributed by atoms with Crippen LogP contribution in [0, 0.1) is 6.92 Å². The molecule has 0 aliphatic heterocycles. The third-order valence-corrected chi connectivity index (χ3v) is 4.48. The molecule has 0 atom stereocenters. The average Bonchev–Trinajstić information content (AvgIpc) is 3.46. The van der Waals surface area contributed by atoms with Crippen LogP contribution in [0.2, 0.25) is 0 Å². The highest BCUT2D eigenvalue weighted by Gasteiger charge is 2.12. The summed E-state index contributed by atoms with van der Waals surface area (Å²) in [4.78, 5) is 24.4. The Labute approximate surface area is 178 Å². The fourth-order valence-electron chi connectivity index (χ4n) is 2.89. The molecule has 0 spiro atoms. The number of hydrogen-bond acceptors (Lipinski definition) is 6. The van der Waals surface area contributed by atoms with Crippen LogP contribution in [0.1, 0.15) is 28.4 Å². The van der Waals surface area contributed by atoms with Gasteiger partial charge in [0.25, 0.3) is 5.91 Å². The first-order valence-corrected chi connectivity index (χ1v) is 9.71. The Morgan fingerprint density at radius 1 is 0.935 bits per heavy atom. The van der Waals surface area contributed by atoms with Gasteiger partial charge in [-0.1, -0.05) is 23.8 Å². The van der Waals surface area contributed by atoms with E-state index < -0.39 is 0 Å². The second kappa shape index (κ2) is 9.08. The lowest BCUT2D eigenvalue weighted by atomic mass is 10.1. The van der Waals surface area contributed by atoms with Gasteiger partial charge in [-0.05, 0) is 49.4 Å². The maximum atomic E-state index is 12.3. The van der Waals surface area contributed by atoms with Gasteiger partial charge < -0.3 is 19.5 Å². The molecule has 2 heterocycles. The summed E-state index contributed by atoms with van der Waals surface area (Å²) in [5, 5.41) is 13.6. The van der Waals surface area contributed by atoms with E-state index in [9.17, 15) is 9.59 Å². The zero-order valence-corrected chi connectivity index (χ0v) is 16.8. The van der Waals surface area contributed by atoms with Crippen molar-refractivity contribution < 1.29 is 18.4 Å². The Kier molecular flexibility index (Phi) is 5.89. The quantitative estimate of drug-likeness (QED) is 0.460. The third-order valence-electron chi connectivity index (χ3n) is 4.48. The lowest BCUT2D eigenvalue weighted by molar-refractivity contribution is -0.116. The third kappa shape index (κ3) is 5.24. The van der Waals surface area contributed by atoms with Crippen LogP contribution in [0.5, 0.6) is 0 Å². The van der Waals surface area contributed by atoms with Crippen LogP contribution in [0.25, 0.3) is 11.5 Å². The second-order valence-electron chi connectivity index (χ2n) is 6.93. The molecule has 0 bridgehead atoms. The van der Waals surface area contributed by atoms with Crippen molar-refractivity contribution in [3.05, 3.63) is 84.1 Å². The lowest BCUT2D eigenvalue weighted by Crippen LogP contribution is -2.14. The predicted molar refractivity (Wildman–Crippen MR) is 115 cm³/mol. The maximum Gasteiger partial charge on any atom is 0.291 e. The van der Waals surface area contributed by atoms with Gasteiger partial charge in [0.1, 0.15) is 0 Å². The zero-order chi connectivity index (χ0) is 21.6. The number of aromatic nitrogens is 2. The molecule has 31 heavy (non-hydrogen) atoms. The van der Waals surface area contributed by atoms with Crippen LogP contribution in [0.15, 0.2) is 75.8 Å². The van der Waals surface area contributed by atoms with E-state index >= 15 is 0 Å². The van der Waals surface area contributed by atoms with E-state index in [4.69, 9.17) is 8.83 Å². The number of carbonyl (C=O) groups excluding carboxylic acids is 2. The molecule has 0 saturated heterocycles. The van der Waals surface area contributed by atoms with Crippen molar-refractivity contribution in [3.8, 4) is 11.5 Å². The summed E-state index contributed by atoms with van der Waals surface area (Å²) in [6.07, 6.45) is 1.93. The van der Waals surface area contributed by atoms with Gasteiger partial charge in [0.15, 0.2) is 5.76 Å². The molecule has 8 nitrogen and oxygen atoms in total. The zero-order valence-electron chi connectivity index (χ0n) is 16.8. The van der Waals surface area contributed by atoms with Gasteiger partial charge in [-0.25, -0.2) is 0 Å². The number of rotatable bonds is 7. The van der Waals surface area contributed by atoms with Crippen molar-refractivity contribution in [1.29, 1.82) is 0 Å². The van der Waals surface area contributed by atoms with Crippen molar-refractivity contribution in [1.82, 2.24) is 10.2 Å². The van der Waals surface area contributed by atoms with Crippen molar-refractivity contribution >= 4 is 23.2 Å². The van der Waals surface area contributed by atoms with Crippen molar-refractivity contribution in [3.63, 3.8) is 0 Å². The molecular weight excluding hydrogens is 396 g/mol. The van der Waals surface area contributed by atoms with Crippen LogP contribution in [-0.2, 0) is 11.2 Å². The summed E-state index contributed by atoms with van der Waals surface area (Å²) < 4.78 is 10.7.